The first-order valence-electron chi connectivity index (χ1n) is 6.79. The molecule has 0 aliphatic carbocycles. The van der Waals surface area contributed by atoms with Crippen molar-refractivity contribution in [1.82, 2.24) is 10.6 Å². The van der Waals surface area contributed by atoms with Gasteiger partial charge in [0.05, 0.1) is 6.42 Å². The van der Waals surface area contributed by atoms with Crippen LogP contribution in [0.1, 0.15) is 30.4 Å². The van der Waals surface area contributed by atoms with E-state index < -0.39 is 0 Å². The van der Waals surface area contributed by atoms with Gasteiger partial charge in [-0.05, 0) is 38.3 Å². The summed E-state index contributed by atoms with van der Waals surface area (Å²) in [6.45, 7) is 3.96. The normalized spacial score (nSPS) is 18.8. The van der Waals surface area contributed by atoms with Crippen molar-refractivity contribution in [2.45, 2.75) is 38.6 Å². The third-order valence-electron chi connectivity index (χ3n) is 3.42. The highest BCUT2D eigenvalue weighted by atomic mass is 16.1. The van der Waals surface area contributed by atoms with Crippen molar-refractivity contribution in [3.63, 3.8) is 0 Å². The monoisotopic (exact) mass is 246 g/mol. The molecule has 2 rings (SSSR count). The van der Waals surface area contributed by atoms with E-state index >= 15 is 0 Å². The van der Waals surface area contributed by atoms with Gasteiger partial charge in [-0.1, -0.05) is 29.8 Å². The van der Waals surface area contributed by atoms with Gasteiger partial charge < -0.3 is 10.6 Å². The molecule has 1 unspecified atom stereocenters. The maximum absolute atomic E-state index is 11.8. The van der Waals surface area contributed by atoms with Crippen LogP contribution in [-0.2, 0) is 11.2 Å². The highest BCUT2D eigenvalue weighted by molar-refractivity contribution is 5.78. The Bertz CT molecular complexity index is 397. The van der Waals surface area contributed by atoms with Gasteiger partial charge in [0.1, 0.15) is 0 Å². The van der Waals surface area contributed by atoms with Gasteiger partial charge in [-0.15, -0.1) is 0 Å². The summed E-state index contributed by atoms with van der Waals surface area (Å²) in [7, 11) is 0. The highest BCUT2D eigenvalue weighted by Gasteiger charge is 2.13. The van der Waals surface area contributed by atoms with Gasteiger partial charge >= 0.3 is 0 Å². The molecule has 2 N–H and O–H groups in total. The van der Waals surface area contributed by atoms with Gasteiger partial charge in [0.2, 0.25) is 5.91 Å². The summed E-state index contributed by atoms with van der Waals surface area (Å²) in [5.74, 6) is 0.124. The number of hydrogen-bond donors (Lipinski definition) is 2. The molecule has 3 heteroatoms. The zero-order valence-electron chi connectivity index (χ0n) is 11.0. The van der Waals surface area contributed by atoms with Crippen molar-refractivity contribution in [1.29, 1.82) is 0 Å². The molecule has 0 bridgehead atoms. The molecule has 1 amide bonds. The van der Waals surface area contributed by atoms with Gasteiger partial charge in [0, 0.05) is 12.6 Å². The van der Waals surface area contributed by atoms with Crippen LogP contribution < -0.4 is 10.6 Å². The van der Waals surface area contributed by atoms with Crippen molar-refractivity contribution in [2.75, 3.05) is 13.1 Å². The fourth-order valence-corrected chi connectivity index (χ4v) is 2.46. The molecule has 98 valence electrons. The molecule has 1 saturated heterocycles. The largest absolute Gasteiger partial charge is 0.356 e. The lowest BCUT2D eigenvalue weighted by Gasteiger charge is -2.10. The van der Waals surface area contributed by atoms with E-state index in [0.717, 1.165) is 25.1 Å². The minimum Gasteiger partial charge on any atom is -0.356 e. The van der Waals surface area contributed by atoms with E-state index in [1.54, 1.807) is 0 Å². The van der Waals surface area contributed by atoms with Crippen LogP contribution in [0.3, 0.4) is 0 Å². The Morgan fingerprint density at radius 2 is 2.39 bits per heavy atom. The Kier molecular flexibility index (Phi) is 4.76. The van der Waals surface area contributed by atoms with Crippen molar-refractivity contribution in [2.24, 2.45) is 0 Å². The van der Waals surface area contributed by atoms with Crippen LogP contribution in [0.2, 0.25) is 0 Å². The van der Waals surface area contributed by atoms with Gasteiger partial charge in [-0.2, -0.15) is 0 Å². The molecule has 1 heterocycles. The average Bonchev–Trinajstić information content (AvgIpc) is 2.82. The van der Waals surface area contributed by atoms with Crippen molar-refractivity contribution in [3.8, 4) is 0 Å². The average molecular weight is 246 g/mol. The van der Waals surface area contributed by atoms with E-state index in [0.29, 0.717) is 12.5 Å². The number of hydrogen-bond acceptors (Lipinski definition) is 2. The van der Waals surface area contributed by atoms with Crippen molar-refractivity contribution in [3.05, 3.63) is 35.4 Å². The number of nitrogens with one attached hydrogen (secondary N) is 2. The molecule has 0 spiro atoms. The number of rotatable bonds is 5. The zero-order valence-corrected chi connectivity index (χ0v) is 11.0. The van der Waals surface area contributed by atoms with Gasteiger partial charge in [0.15, 0.2) is 0 Å². The Balaban J connectivity index is 1.68. The third kappa shape index (κ3) is 4.15. The molecule has 1 fully saturated rings. The smallest absolute Gasteiger partial charge is 0.224 e. The summed E-state index contributed by atoms with van der Waals surface area (Å²) in [6.07, 6.45) is 4.04. The number of amides is 1. The van der Waals surface area contributed by atoms with Crippen LogP contribution in [-0.4, -0.2) is 25.0 Å². The van der Waals surface area contributed by atoms with Crippen LogP contribution in [0.25, 0.3) is 0 Å². The van der Waals surface area contributed by atoms with Gasteiger partial charge in [-0.3, -0.25) is 4.79 Å². The molecule has 1 aromatic rings. The van der Waals surface area contributed by atoms with Crippen molar-refractivity contribution >= 4 is 5.91 Å². The summed E-state index contributed by atoms with van der Waals surface area (Å²) in [5, 5.41) is 6.43. The third-order valence-corrected chi connectivity index (χ3v) is 3.42. The fraction of sp³-hybridized carbons (Fsp3) is 0.533. The predicted octanol–water partition coefficient (Wildman–Crippen LogP) is 1.80. The summed E-state index contributed by atoms with van der Waals surface area (Å²) < 4.78 is 0. The lowest BCUT2D eigenvalue weighted by molar-refractivity contribution is -0.120. The molecule has 0 radical (unpaired) electrons. The lowest BCUT2D eigenvalue weighted by Crippen LogP contribution is -2.31. The first-order chi connectivity index (χ1) is 8.74. The maximum Gasteiger partial charge on any atom is 0.224 e. The quantitative estimate of drug-likeness (QED) is 0.831. The zero-order chi connectivity index (χ0) is 12.8. The minimum absolute atomic E-state index is 0.124. The van der Waals surface area contributed by atoms with Crippen molar-refractivity contribution < 1.29 is 4.79 Å². The molecule has 1 aliphatic heterocycles. The second kappa shape index (κ2) is 6.55. The molecular formula is C15H22N2O. The topological polar surface area (TPSA) is 41.1 Å². The first-order valence-corrected chi connectivity index (χ1v) is 6.79. The number of carbonyl (C=O) groups is 1. The van der Waals surface area contributed by atoms with E-state index in [1.165, 1.54) is 18.4 Å². The van der Waals surface area contributed by atoms with Crippen LogP contribution in [0, 0.1) is 6.92 Å². The van der Waals surface area contributed by atoms with Crippen LogP contribution in [0.5, 0.6) is 0 Å². The molecule has 1 aromatic carbocycles. The number of aryl methyl sites for hydroxylation is 1. The molecule has 18 heavy (non-hydrogen) atoms. The molecular weight excluding hydrogens is 224 g/mol. The Hall–Kier alpha value is -1.35. The SMILES string of the molecule is Cc1cccc(CC(=O)NCCC2CCCN2)c1. The molecule has 1 atom stereocenters. The molecule has 3 nitrogen and oxygen atoms in total. The molecule has 0 aromatic heterocycles. The van der Waals surface area contributed by atoms with E-state index in [9.17, 15) is 4.79 Å². The Morgan fingerprint density at radius 1 is 1.50 bits per heavy atom. The first kappa shape index (κ1) is 13.1. The number of benzene rings is 1. The molecule has 1 aliphatic rings. The Morgan fingerprint density at radius 3 is 3.11 bits per heavy atom. The second-order valence-electron chi connectivity index (χ2n) is 5.10. The standard InChI is InChI=1S/C15H22N2O/c1-12-4-2-5-13(10-12)11-15(18)17-9-7-14-6-3-8-16-14/h2,4-5,10,14,16H,3,6-9,11H2,1H3,(H,17,18). The summed E-state index contributed by atoms with van der Waals surface area (Å²) >= 11 is 0. The number of carbonyl (C=O) groups excluding carboxylic acids is 1. The lowest BCUT2D eigenvalue weighted by atomic mass is 10.1. The van der Waals surface area contributed by atoms with E-state index in [4.69, 9.17) is 0 Å². The van der Waals surface area contributed by atoms with Crippen LogP contribution >= 0.6 is 0 Å². The van der Waals surface area contributed by atoms with E-state index in [-0.39, 0.29) is 5.91 Å². The Labute approximate surface area is 109 Å². The predicted molar refractivity (Wildman–Crippen MR) is 73.5 cm³/mol. The highest BCUT2D eigenvalue weighted by Crippen LogP contribution is 2.08. The summed E-state index contributed by atoms with van der Waals surface area (Å²) in [6, 6.07) is 8.72. The van der Waals surface area contributed by atoms with Crippen LogP contribution in [0.4, 0.5) is 0 Å². The maximum atomic E-state index is 11.8. The minimum atomic E-state index is 0.124. The van der Waals surface area contributed by atoms with E-state index in [2.05, 4.69) is 16.7 Å². The summed E-state index contributed by atoms with van der Waals surface area (Å²) in [5.41, 5.74) is 2.29. The molecule has 0 saturated carbocycles. The van der Waals surface area contributed by atoms with Gasteiger partial charge in [0.25, 0.3) is 0 Å². The summed E-state index contributed by atoms with van der Waals surface area (Å²) in [4.78, 5) is 11.8. The van der Waals surface area contributed by atoms with E-state index in [1.807, 2.05) is 25.1 Å². The second-order valence-corrected chi connectivity index (χ2v) is 5.10. The van der Waals surface area contributed by atoms with Crippen LogP contribution in [0.15, 0.2) is 24.3 Å². The van der Waals surface area contributed by atoms with Gasteiger partial charge in [-0.25, -0.2) is 0 Å². The fourth-order valence-electron chi connectivity index (χ4n) is 2.46.